The Labute approximate surface area is 516 Å². The summed E-state index contributed by atoms with van der Waals surface area (Å²) in [7, 11) is 0. The average Bonchev–Trinajstić information content (AvgIpc) is 3.49. The molecule has 0 heterocycles. The van der Waals surface area contributed by atoms with Crippen LogP contribution in [0.1, 0.15) is 380 Å². The zero-order valence-corrected chi connectivity index (χ0v) is 55.5. The number of unbranched alkanes of at least 4 members (excludes halogenated alkanes) is 44. The van der Waals surface area contributed by atoms with E-state index < -0.39 is 6.10 Å². The first-order chi connectivity index (χ1) is 41.0. The Balaban J connectivity index is 4.10. The first-order valence-corrected chi connectivity index (χ1v) is 36.4. The van der Waals surface area contributed by atoms with Gasteiger partial charge in [0.15, 0.2) is 6.10 Å². The van der Waals surface area contributed by atoms with E-state index in [0.717, 1.165) is 103 Å². The van der Waals surface area contributed by atoms with Gasteiger partial charge in [-0.15, -0.1) is 0 Å². The molecular formula is C77H138O6. The number of hydrogen-bond donors (Lipinski definition) is 0. The van der Waals surface area contributed by atoms with Crippen molar-refractivity contribution in [2.75, 3.05) is 13.2 Å². The highest BCUT2D eigenvalue weighted by molar-refractivity contribution is 5.71. The first kappa shape index (κ1) is 79.8. The maximum absolute atomic E-state index is 12.9. The fourth-order valence-electron chi connectivity index (χ4n) is 10.7. The summed E-state index contributed by atoms with van der Waals surface area (Å²) >= 11 is 0. The number of esters is 3. The predicted octanol–water partition coefficient (Wildman–Crippen LogP) is 25.2. The van der Waals surface area contributed by atoms with E-state index in [2.05, 4.69) is 93.7 Å². The molecule has 0 aromatic rings. The van der Waals surface area contributed by atoms with Crippen LogP contribution >= 0.6 is 0 Å². The van der Waals surface area contributed by atoms with E-state index in [0.29, 0.717) is 19.3 Å². The Morgan fingerprint density at radius 3 is 0.771 bits per heavy atom. The first-order valence-electron chi connectivity index (χ1n) is 36.4. The molecular weight excluding hydrogens is 1020 g/mol. The van der Waals surface area contributed by atoms with Crippen LogP contribution in [0.15, 0.2) is 72.9 Å². The Hall–Kier alpha value is -3.15. The van der Waals surface area contributed by atoms with Crippen molar-refractivity contribution < 1.29 is 28.6 Å². The second-order valence-electron chi connectivity index (χ2n) is 24.5. The van der Waals surface area contributed by atoms with Crippen LogP contribution in [0.5, 0.6) is 0 Å². The van der Waals surface area contributed by atoms with Crippen molar-refractivity contribution in [3.63, 3.8) is 0 Å². The maximum Gasteiger partial charge on any atom is 0.306 e. The van der Waals surface area contributed by atoms with Gasteiger partial charge in [-0.25, -0.2) is 0 Å². The summed E-state index contributed by atoms with van der Waals surface area (Å²) < 4.78 is 17.0. The van der Waals surface area contributed by atoms with Gasteiger partial charge in [0.05, 0.1) is 0 Å². The van der Waals surface area contributed by atoms with Crippen molar-refractivity contribution in [3.8, 4) is 0 Å². The zero-order valence-electron chi connectivity index (χ0n) is 55.5. The van der Waals surface area contributed by atoms with E-state index in [1.165, 1.54) is 238 Å². The van der Waals surface area contributed by atoms with Crippen molar-refractivity contribution in [1.29, 1.82) is 0 Å². The van der Waals surface area contributed by atoms with E-state index in [9.17, 15) is 14.4 Å². The van der Waals surface area contributed by atoms with Gasteiger partial charge >= 0.3 is 17.9 Å². The summed E-state index contributed by atoms with van der Waals surface area (Å²) in [5, 5.41) is 0. The lowest BCUT2D eigenvalue weighted by molar-refractivity contribution is -0.167. The molecule has 1 atom stereocenters. The molecule has 6 nitrogen and oxygen atoms in total. The van der Waals surface area contributed by atoms with Gasteiger partial charge in [-0.1, -0.05) is 351 Å². The van der Waals surface area contributed by atoms with Crippen molar-refractivity contribution in [3.05, 3.63) is 72.9 Å². The van der Waals surface area contributed by atoms with Crippen LogP contribution < -0.4 is 0 Å². The molecule has 6 heteroatoms. The summed E-state index contributed by atoms with van der Waals surface area (Å²) in [6.07, 6.45) is 93.8. The molecule has 482 valence electrons. The molecule has 0 bridgehead atoms. The Bertz CT molecular complexity index is 1520. The highest BCUT2D eigenvalue weighted by Crippen LogP contribution is 2.18. The lowest BCUT2D eigenvalue weighted by Crippen LogP contribution is -2.30. The smallest absolute Gasteiger partial charge is 0.306 e. The van der Waals surface area contributed by atoms with Crippen molar-refractivity contribution in [1.82, 2.24) is 0 Å². The molecule has 0 fully saturated rings. The summed E-state index contributed by atoms with van der Waals surface area (Å²) in [5.74, 6) is -0.862. The van der Waals surface area contributed by atoms with Gasteiger partial charge in [-0.05, 0) is 83.5 Å². The van der Waals surface area contributed by atoms with Gasteiger partial charge in [0.2, 0.25) is 0 Å². The maximum atomic E-state index is 12.9. The van der Waals surface area contributed by atoms with Crippen LogP contribution in [0, 0.1) is 0 Å². The fraction of sp³-hybridized carbons (Fsp3) is 0.805. The minimum Gasteiger partial charge on any atom is -0.462 e. The van der Waals surface area contributed by atoms with Crippen LogP contribution in [0.4, 0.5) is 0 Å². The van der Waals surface area contributed by atoms with E-state index in [1.54, 1.807) is 0 Å². The summed E-state index contributed by atoms with van der Waals surface area (Å²) in [6.45, 7) is 6.53. The third kappa shape index (κ3) is 69.5. The largest absolute Gasteiger partial charge is 0.462 e. The quantitative estimate of drug-likeness (QED) is 0.0261. The molecule has 0 aliphatic heterocycles. The molecule has 0 aliphatic rings. The van der Waals surface area contributed by atoms with Crippen LogP contribution in [0.2, 0.25) is 0 Å². The molecule has 0 aromatic carbocycles. The number of hydrogen-bond acceptors (Lipinski definition) is 6. The SMILES string of the molecule is CC/C=C\C/C=C\C/C=C\C/C=C\CCCCCCCCCCCCCCCCCCCCCCCCC(=O)OCC(COC(=O)CCCCCCC/C=C\C/C=C\CCCC)OC(=O)CCCCCCCCCCCCCCCCCC. The van der Waals surface area contributed by atoms with E-state index >= 15 is 0 Å². The number of carbonyl (C=O) groups excluding carboxylic acids is 3. The lowest BCUT2D eigenvalue weighted by atomic mass is 10.0. The minimum absolute atomic E-state index is 0.0732. The minimum atomic E-state index is -0.777. The number of allylic oxidation sites excluding steroid dienone is 12. The molecule has 0 aromatic heterocycles. The fourth-order valence-corrected chi connectivity index (χ4v) is 10.7. The summed E-state index contributed by atoms with van der Waals surface area (Å²) in [6, 6.07) is 0. The molecule has 0 saturated carbocycles. The van der Waals surface area contributed by atoms with Gasteiger partial charge < -0.3 is 14.2 Å². The monoisotopic (exact) mass is 1160 g/mol. The normalized spacial score (nSPS) is 12.5. The van der Waals surface area contributed by atoms with Crippen molar-refractivity contribution in [2.45, 2.75) is 386 Å². The highest BCUT2D eigenvalue weighted by atomic mass is 16.6. The molecule has 0 aliphatic carbocycles. The molecule has 0 spiro atoms. The van der Waals surface area contributed by atoms with Gasteiger partial charge in [0, 0.05) is 19.3 Å². The van der Waals surface area contributed by atoms with Crippen LogP contribution in [0.25, 0.3) is 0 Å². The van der Waals surface area contributed by atoms with Crippen LogP contribution in [0.3, 0.4) is 0 Å². The van der Waals surface area contributed by atoms with E-state index in [-0.39, 0.29) is 31.1 Å². The number of rotatable bonds is 67. The molecule has 0 amide bonds. The number of carbonyl (C=O) groups is 3. The van der Waals surface area contributed by atoms with Gasteiger partial charge in [0.1, 0.15) is 13.2 Å². The molecule has 83 heavy (non-hydrogen) atoms. The van der Waals surface area contributed by atoms with Crippen LogP contribution in [-0.4, -0.2) is 37.2 Å². The lowest BCUT2D eigenvalue weighted by Gasteiger charge is -2.18. The van der Waals surface area contributed by atoms with Crippen LogP contribution in [-0.2, 0) is 28.6 Å². The number of ether oxygens (including phenoxy) is 3. The van der Waals surface area contributed by atoms with Gasteiger partial charge in [-0.3, -0.25) is 14.4 Å². The second-order valence-corrected chi connectivity index (χ2v) is 24.5. The Morgan fingerprint density at radius 2 is 0.482 bits per heavy atom. The zero-order chi connectivity index (χ0) is 59.9. The van der Waals surface area contributed by atoms with E-state index in [4.69, 9.17) is 14.2 Å². The molecule has 0 saturated heterocycles. The predicted molar refractivity (Wildman–Crippen MR) is 362 cm³/mol. The highest BCUT2D eigenvalue weighted by Gasteiger charge is 2.19. The van der Waals surface area contributed by atoms with Gasteiger partial charge in [-0.2, -0.15) is 0 Å². The summed E-state index contributed by atoms with van der Waals surface area (Å²) in [5.41, 5.74) is 0. The third-order valence-electron chi connectivity index (χ3n) is 16.2. The molecule has 0 radical (unpaired) electrons. The molecule has 0 N–H and O–H groups in total. The molecule has 0 rings (SSSR count). The van der Waals surface area contributed by atoms with E-state index in [1.807, 2.05) is 0 Å². The average molecular weight is 1160 g/mol. The topological polar surface area (TPSA) is 78.9 Å². The Morgan fingerprint density at radius 1 is 0.253 bits per heavy atom. The summed E-state index contributed by atoms with van der Waals surface area (Å²) in [4.78, 5) is 38.4. The second kappa shape index (κ2) is 71.3. The standard InChI is InChI=1S/C77H138O6/c1-4-7-10-13-16-19-22-25-28-30-31-32-33-34-35-36-37-38-39-40-41-42-43-44-45-46-47-48-50-52-55-58-61-64-67-70-76(79)82-73-74(72-81-75(78)69-66-63-60-57-54-51-27-24-21-18-15-12-9-6-3)83-77(80)71-68-65-62-59-56-53-49-29-26-23-20-17-14-11-8-5-2/h7,10,15-16,18-19,24-25,27-28,31-32,74H,4-6,8-9,11-14,17,20-23,26,29-30,33-73H2,1-3H3/b10-7-,18-15-,19-16-,27-24-,28-25-,32-31-. The van der Waals surface area contributed by atoms with Gasteiger partial charge in [0.25, 0.3) is 0 Å². The third-order valence-corrected chi connectivity index (χ3v) is 16.2. The molecule has 1 unspecified atom stereocenters. The van der Waals surface area contributed by atoms with Crippen molar-refractivity contribution in [2.24, 2.45) is 0 Å². The Kier molecular flexibility index (Phi) is 68.6. The van der Waals surface area contributed by atoms with Crippen molar-refractivity contribution >= 4 is 17.9 Å².